The van der Waals surface area contributed by atoms with Crippen LogP contribution in [0, 0.1) is 0 Å². The Hall–Kier alpha value is -7.28. The standard InChI is InChI=1S/C13H12N4O.C13H12N4.C12H10N4/c1-18-10-4-2-9(3-5-10)17-13-12-11(6-7-14-12)15-8-16-13;1-2-4-10(5-3-1)8-15-13-12-11(6-7-14-12)16-9-17-13;1-2-4-9(5-3-1)16-12-11-10(6-7-13-11)14-8-15-12/h2-8,14H,1H3,(H,15,16,17);1-7,9,14H,8H2,(H,15,16,17);1-8,13H,(H,14,15,16). The summed E-state index contributed by atoms with van der Waals surface area (Å²) < 4.78 is 5.12. The summed E-state index contributed by atoms with van der Waals surface area (Å²) in [5.74, 6) is 3.22. The van der Waals surface area contributed by atoms with Crippen LogP contribution in [0.25, 0.3) is 33.1 Å². The minimum Gasteiger partial charge on any atom is -0.497 e. The molecule has 6 aromatic heterocycles. The topological polar surface area (TPSA) is 170 Å². The number of hydrogen-bond acceptors (Lipinski definition) is 10. The number of H-pyrrole nitrogens is 3. The van der Waals surface area contributed by atoms with Crippen molar-refractivity contribution in [3.8, 4) is 5.75 Å². The van der Waals surface area contributed by atoms with E-state index in [-0.39, 0.29) is 0 Å². The lowest BCUT2D eigenvalue weighted by molar-refractivity contribution is 0.415. The normalized spacial score (nSPS) is 10.5. The highest BCUT2D eigenvalue weighted by molar-refractivity contribution is 5.88. The van der Waals surface area contributed by atoms with E-state index in [0.29, 0.717) is 0 Å². The molecule has 0 radical (unpaired) electrons. The van der Waals surface area contributed by atoms with Gasteiger partial charge < -0.3 is 35.6 Å². The van der Waals surface area contributed by atoms with Crippen LogP contribution in [-0.4, -0.2) is 52.0 Å². The predicted octanol–water partition coefficient (Wildman–Crippen LogP) is 7.98. The molecule has 6 N–H and O–H groups in total. The van der Waals surface area contributed by atoms with Gasteiger partial charge in [-0.1, -0.05) is 48.5 Å². The van der Waals surface area contributed by atoms with E-state index in [0.717, 1.165) is 74.2 Å². The van der Waals surface area contributed by atoms with E-state index in [1.165, 1.54) is 5.56 Å². The Kier molecular flexibility index (Phi) is 9.96. The van der Waals surface area contributed by atoms with Crippen LogP contribution in [0.1, 0.15) is 5.56 Å². The quantitative estimate of drug-likeness (QED) is 0.0929. The Balaban J connectivity index is 0.000000120. The van der Waals surface area contributed by atoms with Gasteiger partial charge in [0, 0.05) is 36.5 Å². The number of para-hydroxylation sites is 1. The number of rotatable bonds is 8. The van der Waals surface area contributed by atoms with E-state index < -0.39 is 0 Å². The van der Waals surface area contributed by atoms with Crippen LogP contribution in [0.15, 0.2) is 141 Å². The fraction of sp³-hybridized carbons (Fsp3) is 0.0526. The van der Waals surface area contributed by atoms with Crippen molar-refractivity contribution in [3.05, 3.63) is 146 Å². The smallest absolute Gasteiger partial charge is 0.158 e. The van der Waals surface area contributed by atoms with Gasteiger partial charge in [-0.25, -0.2) is 29.9 Å². The Morgan fingerprint density at radius 3 is 1.45 bits per heavy atom. The first-order valence-corrected chi connectivity index (χ1v) is 16.1. The molecule has 0 spiro atoms. The van der Waals surface area contributed by atoms with Gasteiger partial charge in [-0.15, -0.1) is 0 Å². The van der Waals surface area contributed by atoms with E-state index in [9.17, 15) is 0 Å². The average molecular weight is 675 g/mol. The number of fused-ring (bicyclic) bond motifs is 3. The monoisotopic (exact) mass is 674 g/mol. The van der Waals surface area contributed by atoms with Crippen molar-refractivity contribution in [2.24, 2.45) is 0 Å². The van der Waals surface area contributed by atoms with Gasteiger partial charge in [-0.05, 0) is 60.2 Å². The first-order chi connectivity index (χ1) is 25.2. The second-order valence-corrected chi connectivity index (χ2v) is 11.1. The molecule has 0 fully saturated rings. The number of benzene rings is 3. The maximum absolute atomic E-state index is 5.12. The summed E-state index contributed by atoms with van der Waals surface area (Å²) in [7, 11) is 1.65. The first kappa shape index (κ1) is 32.3. The van der Waals surface area contributed by atoms with E-state index >= 15 is 0 Å². The molecule has 0 bridgehead atoms. The Morgan fingerprint density at radius 1 is 0.490 bits per heavy atom. The number of ether oxygens (including phenoxy) is 1. The molecule has 3 aromatic carbocycles. The molecule has 0 atom stereocenters. The van der Waals surface area contributed by atoms with E-state index in [4.69, 9.17) is 4.74 Å². The molecule has 9 rings (SSSR count). The Bertz CT molecular complexity index is 2420. The molecule has 6 heterocycles. The van der Waals surface area contributed by atoms with Gasteiger partial charge in [0.15, 0.2) is 17.5 Å². The molecule has 0 saturated heterocycles. The third-order valence-corrected chi connectivity index (χ3v) is 7.73. The molecule has 0 aliphatic carbocycles. The third-order valence-electron chi connectivity index (χ3n) is 7.73. The number of methoxy groups -OCH3 is 1. The van der Waals surface area contributed by atoms with Gasteiger partial charge in [-0.2, -0.15) is 0 Å². The maximum Gasteiger partial charge on any atom is 0.158 e. The van der Waals surface area contributed by atoms with Gasteiger partial charge in [0.05, 0.1) is 23.7 Å². The lowest BCUT2D eigenvalue weighted by Crippen LogP contribution is -2.02. The molecule has 0 unspecified atom stereocenters. The number of nitrogens with one attached hydrogen (secondary N) is 6. The average Bonchev–Trinajstić information content (AvgIpc) is 3.98. The van der Waals surface area contributed by atoms with E-state index in [1.54, 1.807) is 26.1 Å². The summed E-state index contributed by atoms with van der Waals surface area (Å²) in [5, 5.41) is 9.80. The van der Waals surface area contributed by atoms with Crippen LogP contribution in [0.2, 0.25) is 0 Å². The first-order valence-electron chi connectivity index (χ1n) is 16.1. The van der Waals surface area contributed by atoms with E-state index in [2.05, 4.69) is 72.9 Å². The lowest BCUT2D eigenvalue weighted by atomic mass is 10.2. The number of aromatic nitrogens is 9. The predicted molar refractivity (Wildman–Crippen MR) is 201 cm³/mol. The third kappa shape index (κ3) is 8.06. The molecule has 0 saturated carbocycles. The highest BCUT2D eigenvalue weighted by Gasteiger charge is 2.06. The van der Waals surface area contributed by atoms with Gasteiger partial charge in [-0.3, -0.25) is 0 Å². The van der Waals surface area contributed by atoms with Crippen molar-refractivity contribution in [1.29, 1.82) is 0 Å². The zero-order chi connectivity index (χ0) is 34.7. The highest BCUT2D eigenvalue weighted by Crippen LogP contribution is 2.24. The summed E-state index contributed by atoms with van der Waals surface area (Å²) in [4.78, 5) is 34.6. The number of nitrogens with zero attached hydrogens (tertiary/aromatic N) is 6. The van der Waals surface area contributed by atoms with Crippen molar-refractivity contribution in [1.82, 2.24) is 44.9 Å². The van der Waals surface area contributed by atoms with E-state index in [1.807, 2.05) is 110 Å². The van der Waals surface area contributed by atoms with Gasteiger partial charge in [0.1, 0.15) is 41.3 Å². The fourth-order valence-corrected chi connectivity index (χ4v) is 5.19. The van der Waals surface area contributed by atoms with Crippen molar-refractivity contribution in [3.63, 3.8) is 0 Å². The van der Waals surface area contributed by atoms with Gasteiger partial charge >= 0.3 is 0 Å². The Morgan fingerprint density at radius 2 is 0.941 bits per heavy atom. The van der Waals surface area contributed by atoms with Gasteiger partial charge in [0.2, 0.25) is 0 Å². The second kappa shape index (κ2) is 15.7. The molecule has 0 amide bonds. The van der Waals surface area contributed by atoms with Crippen molar-refractivity contribution in [2.75, 3.05) is 23.1 Å². The molecule has 252 valence electrons. The van der Waals surface area contributed by atoms with Crippen LogP contribution in [0.3, 0.4) is 0 Å². The van der Waals surface area contributed by atoms with Crippen molar-refractivity contribution >= 4 is 61.9 Å². The molecule has 13 heteroatoms. The minimum atomic E-state index is 0.756. The van der Waals surface area contributed by atoms with Crippen molar-refractivity contribution in [2.45, 2.75) is 6.54 Å². The molecule has 0 aliphatic rings. The largest absolute Gasteiger partial charge is 0.497 e. The fourth-order valence-electron chi connectivity index (χ4n) is 5.19. The molecular formula is C38H34N12O. The van der Waals surface area contributed by atoms with Gasteiger partial charge in [0.25, 0.3) is 0 Å². The van der Waals surface area contributed by atoms with Crippen LogP contribution in [0.4, 0.5) is 28.8 Å². The number of hydrogen-bond donors (Lipinski definition) is 6. The molecule has 13 nitrogen and oxygen atoms in total. The summed E-state index contributed by atoms with van der Waals surface area (Å²) in [5.41, 5.74) is 8.68. The zero-order valence-electron chi connectivity index (χ0n) is 27.6. The molecule has 9 aromatic rings. The number of aromatic amines is 3. The summed E-state index contributed by atoms with van der Waals surface area (Å²) in [6.07, 6.45) is 10.2. The van der Waals surface area contributed by atoms with Crippen LogP contribution in [0.5, 0.6) is 5.75 Å². The van der Waals surface area contributed by atoms with Crippen molar-refractivity contribution < 1.29 is 4.74 Å². The summed E-state index contributed by atoms with van der Waals surface area (Å²) in [6, 6.07) is 33.6. The zero-order valence-corrected chi connectivity index (χ0v) is 27.6. The lowest BCUT2D eigenvalue weighted by Gasteiger charge is -2.07. The van der Waals surface area contributed by atoms with Crippen LogP contribution >= 0.6 is 0 Å². The molecule has 0 aliphatic heterocycles. The second-order valence-electron chi connectivity index (χ2n) is 11.1. The highest BCUT2D eigenvalue weighted by atomic mass is 16.5. The number of anilines is 5. The summed E-state index contributed by atoms with van der Waals surface area (Å²) in [6.45, 7) is 0.756. The molecule has 51 heavy (non-hydrogen) atoms. The minimum absolute atomic E-state index is 0.756. The Labute approximate surface area is 292 Å². The molecular weight excluding hydrogens is 641 g/mol. The maximum atomic E-state index is 5.12. The summed E-state index contributed by atoms with van der Waals surface area (Å²) >= 11 is 0. The van der Waals surface area contributed by atoms with Crippen LogP contribution < -0.4 is 20.7 Å². The van der Waals surface area contributed by atoms with Crippen LogP contribution in [-0.2, 0) is 6.54 Å². The SMILES string of the molecule is COc1ccc(Nc2ncnc3cc[nH]c23)cc1.c1ccc(CNc2ncnc3cc[nH]c23)cc1.c1ccc(Nc2ncnc3cc[nH]c23)cc1.